The Hall–Kier alpha value is -2.30. The maximum atomic E-state index is 12.8. The fourth-order valence-electron chi connectivity index (χ4n) is 2.80. The summed E-state index contributed by atoms with van der Waals surface area (Å²) < 4.78 is 0. The average molecular weight is 375 g/mol. The molecule has 1 N–H and O–H groups in total. The van der Waals surface area contributed by atoms with Gasteiger partial charge in [0.15, 0.2) is 0 Å². The van der Waals surface area contributed by atoms with E-state index < -0.39 is 11.6 Å². The SMILES string of the molecule is C[C@@]1(c2ccc(Cl)cc2Cl)NC(=O)N(C/C=C/c2ccccc2)C1=O. The van der Waals surface area contributed by atoms with Crippen LogP contribution in [0.15, 0.2) is 54.6 Å². The topological polar surface area (TPSA) is 49.4 Å². The van der Waals surface area contributed by atoms with Crippen molar-refractivity contribution in [2.75, 3.05) is 6.54 Å². The number of rotatable bonds is 4. The van der Waals surface area contributed by atoms with Gasteiger partial charge in [0.05, 0.1) is 0 Å². The minimum Gasteiger partial charge on any atom is -0.319 e. The molecule has 0 aliphatic carbocycles. The van der Waals surface area contributed by atoms with Crippen molar-refractivity contribution in [3.8, 4) is 0 Å². The number of urea groups is 1. The molecule has 2 aromatic carbocycles. The molecule has 1 aliphatic rings. The molecule has 2 aromatic rings. The minimum absolute atomic E-state index is 0.181. The molecule has 0 unspecified atom stereocenters. The highest BCUT2D eigenvalue weighted by atomic mass is 35.5. The van der Waals surface area contributed by atoms with Crippen molar-refractivity contribution in [2.24, 2.45) is 0 Å². The Labute approximate surface area is 156 Å². The van der Waals surface area contributed by atoms with Crippen molar-refractivity contribution in [3.63, 3.8) is 0 Å². The predicted octanol–water partition coefficient (Wildman–Crippen LogP) is 4.47. The monoisotopic (exact) mass is 374 g/mol. The van der Waals surface area contributed by atoms with E-state index in [1.807, 2.05) is 36.4 Å². The first-order chi connectivity index (χ1) is 11.9. The zero-order valence-corrected chi connectivity index (χ0v) is 15.0. The Morgan fingerprint density at radius 3 is 2.52 bits per heavy atom. The second kappa shape index (κ2) is 6.90. The summed E-state index contributed by atoms with van der Waals surface area (Å²) in [5.41, 5.74) is 0.309. The van der Waals surface area contributed by atoms with Crippen LogP contribution in [-0.4, -0.2) is 23.4 Å². The Morgan fingerprint density at radius 2 is 1.84 bits per heavy atom. The highest BCUT2D eigenvalue weighted by Crippen LogP contribution is 2.34. The highest BCUT2D eigenvalue weighted by Gasteiger charge is 2.49. The third-order valence-corrected chi connectivity index (χ3v) is 4.69. The number of halogens is 2. The van der Waals surface area contributed by atoms with E-state index in [2.05, 4.69) is 5.32 Å². The summed E-state index contributed by atoms with van der Waals surface area (Å²) in [4.78, 5) is 26.3. The molecule has 0 radical (unpaired) electrons. The molecule has 0 bridgehead atoms. The van der Waals surface area contributed by atoms with E-state index in [1.54, 1.807) is 31.2 Å². The number of hydrogen-bond donors (Lipinski definition) is 1. The molecule has 1 saturated heterocycles. The van der Waals surface area contributed by atoms with E-state index >= 15 is 0 Å². The van der Waals surface area contributed by atoms with Gasteiger partial charge in [-0.3, -0.25) is 9.69 Å². The molecule has 128 valence electrons. The molecule has 1 fully saturated rings. The minimum atomic E-state index is -1.21. The lowest BCUT2D eigenvalue weighted by Gasteiger charge is -2.23. The number of amides is 3. The molecule has 0 spiro atoms. The van der Waals surface area contributed by atoms with Crippen LogP contribution in [0.1, 0.15) is 18.1 Å². The second-order valence-corrected chi connectivity index (χ2v) is 6.75. The summed E-state index contributed by atoms with van der Waals surface area (Å²) >= 11 is 12.1. The molecule has 1 atom stereocenters. The number of nitrogens with zero attached hydrogens (tertiary/aromatic N) is 1. The lowest BCUT2D eigenvalue weighted by atomic mass is 9.92. The fourth-order valence-corrected chi connectivity index (χ4v) is 3.40. The van der Waals surface area contributed by atoms with E-state index in [0.717, 1.165) is 5.56 Å². The molecular weight excluding hydrogens is 359 g/mol. The number of hydrogen-bond acceptors (Lipinski definition) is 2. The van der Waals surface area contributed by atoms with Crippen molar-refractivity contribution in [3.05, 3.63) is 75.8 Å². The number of nitrogens with one attached hydrogen (secondary N) is 1. The number of benzene rings is 2. The summed E-state index contributed by atoms with van der Waals surface area (Å²) in [7, 11) is 0. The molecule has 1 aliphatic heterocycles. The van der Waals surface area contributed by atoms with Crippen LogP contribution in [-0.2, 0) is 10.3 Å². The number of imide groups is 1. The van der Waals surface area contributed by atoms with Gasteiger partial charge in [0.25, 0.3) is 5.91 Å². The predicted molar refractivity (Wildman–Crippen MR) is 99.5 cm³/mol. The van der Waals surface area contributed by atoms with Gasteiger partial charge in [-0.1, -0.05) is 71.8 Å². The van der Waals surface area contributed by atoms with Crippen LogP contribution in [0.4, 0.5) is 4.79 Å². The van der Waals surface area contributed by atoms with E-state index in [1.165, 1.54) is 4.90 Å². The van der Waals surface area contributed by atoms with Crippen molar-refractivity contribution in [1.29, 1.82) is 0 Å². The number of carbonyl (C=O) groups is 2. The lowest BCUT2D eigenvalue weighted by molar-refractivity contribution is -0.130. The molecule has 0 aromatic heterocycles. The van der Waals surface area contributed by atoms with Gasteiger partial charge in [-0.15, -0.1) is 0 Å². The summed E-state index contributed by atoms with van der Waals surface area (Å²) in [6.45, 7) is 1.82. The van der Waals surface area contributed by atoms with Crippen LogP contribution in [0.25, 0.3) is 6.08 Å². The van der Waals surface area contributed by atoms with Crippen molar-refractivity contribution >= 4 is 41.2 Å². The third kappa shape index (κ3) is 3.41. The molecule has 3 rings (SSSR count). The maximum Gasteiger partial charge on any atom is 0.325 e. The maximum absolute atomic E-state index is 12.8. The van der Waals surface area contributed by atoms with Crippen LogP contribution in [0.3, 0.4) is 0 Å². The van der Waals surface area contributed by atoms with Crippen molar-refractivity contribution in [2.45, 2.75) is 12.5 Å². The van der Waals surface area contributed by atoms with Crippen LogP contribution in [0.5, 0.6) is 0 Å². The molecule has 4 nitrogen and oxygen atoms in total. The van der Waals surface area contributed by atoms with Crippen LogP contribution in [0.2, 0.25) is 10.0 Å². The quantitative estimate of drug-likeness (QED) is 0.802. The smallest absolute Gasteiger partial charge is 0.319 e. The Morgan fingerprint density at radius 1 is 1.12 bits per heavy atom. The highest BCUT2D eigenvalue weighted by molar-refractivity contribution is 6.35. The summed E-state index contributed by atoms with van der Waals surface area (Å²) in [6, 6.07) is 14.1. The van der Waals surface area contributed by atoms with Gasteiger partial charge in [-0.05, 0) is 24.6 Å². The molecule has 3 amide bonds. The zero-order valence-electron chi connectivity index (χ0n) is 13.5. The first kappa shape index (κ1) is 17.5. The van der Waals surface area contributed by atoms with Crippen molar-refractivity contribution in [1.82, 2.24) is 10.2 Å². The van der Waals surface area contributed by atoms with E-state index in [4.69, 9.17) is 23.2 Å². The molecule has 25 heavy (non-hydrogen) atoms. The third-order valence-electron chi connectivity index (χ3n) is 4.14. The summed E-state index contributed by atoms with van der Waals surface area (Å²) in [5.74, 6) is -0.348. The van der Waals surface area contributed by atoms with Gasteiger partial charge in [0.2, 0.25) is 0 Å². The average Bonchev–Trinajstić information content (AvgIpc) is 2.79. The van der Waals surface area contributed by atoms with Gasteiger partial charge in [-0.25, -0.2) is 4.79 Å². The second-order valence-electron chi connectivity index (χ2n) is 5.91. The molecular formula is C19H16Cl2N2O2. The van der Waals surface area contributed by atoms with E-state index in [0.29, 0.717) is 15.6 Å². The number of carbonyl (C=O) groups excluding carboxylic acids is 2. The van der Waals surface area contributed by atoms with Gasteiger partial charge in [-0.2, -0.15) is 0 Å². The van der Waals surface area contributed by atoms with Gasteiger partial charge in [0, 0.05) is 22.2 Å². The fraction of sp³-hybridized carbons (Fsp3) is 0.158. The first-order valence-electron chi connectivity index (χ1n) is 7.73. The van der Waals surface area contributed by atoms with Gasteiger partial charge < -0.3 is 5.32 Å². The van der Waals surface area contributed by atoms with E-state index in [-0.39, 0.29) is 12.5 Å². The molecule has 1 heterocycles. The van der Waals surface area contributed by atoms with Crippen LogP contribution in [0, 0.1) is 0 Å². The Balaban J connectivity index is 1.81. The van der Waals surface area contributed by atoms with E-state index in [9.17, 15) is 9.59 Å². The lowest BCUT2D eigenvalue weighted by Crippen LogP contribution is -2.41. The standard InChI is InChI=1S/C19H16Cl2N2O2/c1-19(15-10-9-14(20)12-16(15)21)17(24)23(18(25)22-19)11-5-8-13-6-3-2-4-7-13/h2-10,12H,11H2,1H3,(H,22,25)/b8-5+/t19-/m0/s1. The summed E-state index contributed by atoms with van der Waals surface area (Å²) in [5, 5.41) is 3.54. The Kier molecular flexibility index (Phi) is 4.84. The van der Waals surface area contributed by atoms with Gasteiger partial charge >= 0.3 is 6.03 Å². The first-order valence-corrected chi connectivity index (χ1v) is 8.48. The molecule has 6 heteroatoms. The zero-order chi connectivity index (χ0) is 18.0. The molecule has 0 saturated carbocycles. The summed E-state index contributed by atoms with van der Waals surface area (Å²) in [6.07, 6.45) is 3.65. The van der Waals surface area contributed by atoms with Gasteiger partial charge in [0.1, 0.15) is 5.54 Å². The Bertz CT molecular complexity index is 852. The van der Waals surface area contributed by atoms with Crippen molar-refractivity contribution < 1.29 is 9.59 Å². The largest absolute Gasteiger partial charge is 0.325 e. The van der Waals surface area contributed by atoms with Crippen LogP contribution >= 0.6 is 23.2 Å². The van der Waals surface area contributed by atoms with Crippen LogP contribution < -0.4 is 5.32 Å². The normalized spacial score (nSPS) is 20.4.